The number of tetrazole rings is 1. The molecule has 1 saturated heterocycles. The number of carboxylic acid groups (broad SMARTS) is 1. The fourth-order valence-corrected chi connectivity index (χ4v) is 6.25. The van der Waals surface area contributed by atoms with Gasteiger partial charge < -0.3 is 25.3 Å². The van der Waals surface area contributed by atoms with Crippen molar-refractivity contribution in [2.75, 3.05) is 39.3 Å². The number of nitrogens with zero attached hydrogens (tertiary/aromatic N) is 7. The van der Waals surface area contributed by atoms with Gasteiger partial charge in [0.2, 0.25) is 5.16 Å². The number of benzene rings is 1. The summed E-state index contributed by atoms with van der Waals surface area (Å²) in [6.45, 7) is 1.31. The molecule has 1 aromatic heterocycles. The van der Waals surface area contributed by atoms with Crippen LogP contribution in [0.15, 0.2) is 45.8 Å². The summed E-state index contributed by atoms with van der Waals surface area (Å²) in [4.78, 5) is 46.2. The van der Waals surface area contributed by atoms with E-state index in [0.29, 0.717) is 28.6 Å². The molecule has 1 unspecified atom stereocenters. The lowest BCUT2D eigenvalue weighted by molar-refractivity contribution is -0.150. The fourth-order valence-electron chi connectivity index (χ4n) is 3.86. The van der Waals surface area contributed by atoms with Crippen LogP contribution in [0, 0.1) is 0 Å². The van der Waals surface area contributed by atoms with Crippen LogP contribution in [0.1, 0.15) is 5.56 Å². The zero-order valence-electron chi connectivity index (χ0n) is 20.8. The topological polar surface area (TPSA) is 175 Å². The van der Waals surface area contributed by atoms with E-state index in [-0.39, 0.29) is 22.9 Å². The smallest absolute Gasteiger partial charge is 0.352 e. The number of hydrogen-bond donors (Lipinski definition) is 3. The number of carboxylic acids is 1. The van der Waals surface area contributed by atoms with Crippen LogP contribution in [0.4, 0.5) is 0 Å². The molecule has 38 heavy (non-hydrogen) atoms. The Morgan fingerprint density at radius 1 is 1.37 bits per heavy atom. The van der Waals surface area contributed by atoms with Crippen LogP contribution in [0.3, 0.4) is 0 Å². The number of amides is 2. The normalized spacial score (nSPS) is 19.3. The van der Waals surface area contributed by atoms with Crippen LogP contribution < -0.4 is 5.32 Å². The molecule has 2 aromatic rings. The predicted octanol–water partition coefficient (Wildman–Crippen LogP) is -0.178. The van der Waals surface area contributed by atoms with Gasteiger partial charge in [0.05, 0.1) is 6.54 Å². The number of carbonyl (C=O) groups excluding carboxylic acids is 2. The van der Waals surface area contributed by atoms with Crippen molar-refractivity contribution in [3.63, 3.8) is 0 Å². The number of aliphatic carboxylic acids is 1. The molecule has 0 bridgehead atoms. The monoisotopic (exact) mass is 562 g/mol. The number of fused-ring (bicyclic) bond motifs is 1. The maximum atomic E-state index is 13.0. The summed E-state index contributed by atoms with van der Waals surface area (Å²) < 4.78 is 1.65. The Bertz CT molecular complexity index is 1300. The number of rotatable bonds is 11. The summed E-state index contributed by atoms with van der Waals surface area (Å²) in [7, 11) is 5.15. The lowest BCUT2D eigenvalue weighted by atomic mass is 10.0. The van der Waals surface area contributed by atoms with Gasteiger partial charge in [0.15, 0.2) is 5.71 Å². The van der Waals surface area contributed by atoms with E-state index >= 15 is 0 Å². The number of aromatic nitrogens is 4. The van der Waals surface area contributed by atoms with Crippen molar-refractivity contribution in [3.05, 3.63) is 41.1 Å². The number of likely N-dealkylation sites (N-methyl/N-ethyl adjacent to an activating group) is 1. The summed E-state index contributed by atoms with van der Waals surface area (Å²) in [6.07, 6.45) is 0. The van der Waals surface area contributed by atoms with Crippen molar-refractivity contribution >= 4 is 47.0 Å². The molecular formula is C22H26N8O6S2. The van der Waals surface area contributed by atoms with Gasteiger partial charge in [-0.1, -0.05) is 29.1 Å². The third-order valence-electron chi connectivity index (χ3n) is 5.69. The van der Waals surface area contributed by atoms with E-state index < -0.39 is 29.2 Å². The van der Waals surface area contributed by atoms with E-state index in [4.69, 9.17) is 4.84 Å². The van der Waals surface area contributed by atoms with Gasteiger partial charge in [0.25, 0.3) is 11.8 Å². The third-order valence-corrected chi connectivity index (χ3v) is 8.07. The van der Waals surface area contributed by atoms with E-state index in [9.17, 15) is 24.6 Å². The van der Waals surface area contributed by atoms with Crippen LogP contribution in [-0.4, -0.2) is 114 Å². The van der Waals surface area contributed by atoms with Gasteiger partial charge in [-0.3, -0.25) is 14.5 Å². The molecule has 2 aliphatic rings. The number of oxime groups is 1. The van der Waals surface area contributed by atoms with Gasteiger partial charge in [0, 0.05) is 23.6 Å². The Balaban J connectivity index is 1.47. The molecule has 0 radical (unpaired) electrons. The summed E-state index contributed by atoms with van der Waals surface area (Å²) in [6, 6.07) is 4.94. The first kappa shape index (κ1) is 27.4. The van der Waals surface area contributed by atoms with Crippen molar-refractivity contribution in [1.82, 2.24) is 35.3 Å². The van der Waals surface area contributed by atoms with Crippen molar-refractivity contribution in [2.45, 2.75) is 23.1 Å². The van der Waals surface area contributed by atoms with E-state index in [2.05, 4.69) is 26.0 Å². The lowest BCUT2D eigenvalue weighted by Crippen LogP contribution is -2.71. The minimum Gasteiger partial charge on any atom is -0.508 e. The van der Waals surface area contributed by atoms with E-state index in [1.165, 1.54) is 47.7 Å². The van der Waals surface area contributed by atoms with Crippen molar-refractivity contribution < 1.29 is 29.4 Å². The summed E-state index contributed by atoms with van der Waals surface area (Å²) in [5.74, 6) is -1.90. The average Bonchev–Trinajstić information content (AvgIpc) is 3.34. The molecule has 14 nitrogen and oxygen atoms in total. The second-order valence-corrected chi connectivity index (χ2v) is 10.6. The number of thioether (sulfide) groups is 2. The number of carbonyl (C=O) groups is 3. The molecule has 3 N–H and O–H groups in total. The van der Waals surface area contributed by atoms with E-state index in [0.717, 1.165) is 6.54 Å². The predicted molar refractivity (Wildman–Crippen MR) is 138 cm³/mol. The lowest BCUT2D eigenvalue weighted by Gasteiger charge is -2.49. The summed E-state index contributed by atoms with van der Waals surface area (Å²) >= 11 is 2.65. The van der Waals surface area contributed by atoms with Gasteiger partial charge in [-0.15, -0.1) is 16.9 Å². The fraction of sp³-hybridized carbons (Fsp3) is 0.409. The van der Waals surface area contributed by atoms with Crippen LogP contribution in [0.2, 0.25) is 0 Å². The number of aromatic hydroxyl groups is 1. The van der Waals surface area contributed by atoms with Crippen LogP contribution >= 0.6 is 23.5 Å². The third kappa shape index (κ3) is 5.76. The van der Waals surface area contributed by atoms with Gasteiger partial charge in [-0.25, -0.2) is 9.48 Å². The van der Waals surface area contributed by atoms with Crippen LogP contribution in [0.25, 0.3) is 0 Å². The van der Waals surface area contributed by atoms with Gasteiger partial charge in [-0.2, -0.15) is 0 Å². The Morgan fingerprint density at radius 3 is 2.84 bits per heavy atom. The molecular weight excluding hydrogens is 536 g/mol. The highest BCUT2D eigenvalue weighted by Gasteiger charge is 2.54. The Labute approximate surface area is 226 Å². The first-order chi connectivity index (χ1) is 18.2. The highest BCUT2D eigenvalue weighted by atomic mass is 32.2. The second-order valence-electron chi connectivity index (χ2n) is 8.57. The minimum absolute atomic E-state index is 0.0683. The molecule has 1 aromatic carbocycles. The average molecular weight is 563 g/mol. The van der Waals surface area contributed by atoms with Crippen molar-refractivity contribution in [1.29, 1.82) is 0 Å². The van der Waals surface area contributed by atoms with Gasteiger partial charge >= 0.3 is 5.97 Å². The molecule has 0 aliphatic carbocycles. The summed E-state index contributed by atoms with van der Waals surface area (Å²) in [5, 5.41) is 37.7. The van der Waals surface area contributed by atoms with Crippen LogP contribution in [0.5, 0.6) is 5.75 Å². The Morgan fingerprint density at radius 2 is 2.16 bits per heavy atom. The number of phenolic OH excluding ortho intramolecular Hbond substituents is 1. The van der Waals surface area contributed by atoms with Crippen molar-refractivity contribution in [3.8, 4) is 5.75 Å². The molecule has 202 valence electrons. The highest BCUT2D eigenvalue weighted by Crippen LogP contribution is 2.41. The maximum Gasteiger partial charge on any atom is 0.352 e. The zero-order chi connectivity index (χ0) is 27.4. The number of β-lactam (4-membered cyclic amide) rings is 1. The first-order valence-corrected chi connectivity index (χ1v) is 13.4. The largest absolute Gasteiger partial charge is 0.508 e. The molecule has 16 heteroatoms. The Kier molecular flexibility index (Phi) is 8.53. The van der Waals surface area contributed by atoms with Crippen LogP contribution in [-0.2, 0) is 25.8 Å². The number of phenols is 1. The molecule has 3 heterocycles. The Hall–Kier alpha value is -3.63. The number of hydrogen-bond acceptors (Lipinski definition) is 12. The minimum atomic E-state index is -1.22. The van der Waals surface area contributed by atoms with Gasteiger partial charge in [0.1, 0.15) is 30.0 Å². The SMILES string of the molecule is CON=C(C(=O)NC1C(=O)N2C(C(=O)O)=C(CSc3nnnn3CCN(C)C)CS[C@@H]12)c1cccc(O)c1. The quantitative estimate of drug-likeness (QED) is 0.143. The van der Waals surface area contributed by atoms with E-state index in [1.807, 2.05) is 19.0 Å². The number of nitrogens with one attached hydrogen (secondary N) is 1. The molecule has 1 fully saturated rings. The standard InChI is InChI=1S/C22H26N8O6S2/c1-28(2)7-8-29-22(24-26-27-29)38-11-13-10-37-20-16(19(33)30(20)17(13)21(34)35)23-18(32)15(25-36-3)12-5-4-6-14(31)9-12/h4-6,9,16,20,31H,7-8,10-11H2,1-3H3,(H,23,32)(H,34,35)/t16?,20-/m0/s1. The molecule has 0 saturated carbocycles. The highest BCUT2D eigenvalue weighted by molar-refractivity contribution is 8.01. The first-order valence-electron chi connectivity index (χ1n) is 11.4. The molecule has 2 aliphatic heterocycles. The zero-order valence-corrected chi connectivity index (χ0v) is 22.4. The molecule has 4 rings (SSSR count). The molecule has 2 atom stereocenters. The second kappa shape index (κ2) is 11.8. The molecule has 2 amide bonds. The molecule has 0 spiro atoms. The van der Waals surface area contributed by atoms with E-state index in [1.54, 1.807) is 16.8 Å². The van der Waals surface area contributed by atoms with Gasteiger partial charge in [-0.05, 0) is 42.2 Å². The van der Waals surface area contributed by atoms with Crippen molar-refractivity contribution in [2.24, 2.45) is 5.16 Å². The summed E-state index contributed by atoms with van der Waals surface area (Å²) in [5.41, 5.74) is 0.629. The maximum absolute atomic E-state index is 13.0.